The van der Waals surface area contributed by atoms with Gasteiger partial charge in [-0.15, -0.1) is 0 Å². The van der Waals surface area contributed by atoms with Gasteiger partial charge in [0, 0.05) is 19.4 Å². The van der Waals surface area contributed by atoms with Crippen molar-refractivity contribution < 1.29 is 14.3 Å². The first-order valence-electron chi connectivity index (χ1n) is 3.98. The number of hydrogen-bond donors (Lipinski definition) is 1. The minimum Gasteiger partial charge on any atom is -0.476 e. The molecule has 0 aromatic carbocycles. The van der Waals surface area contributed by atoms with Crippen molar-refractivity contribution >= 4 is 5.97 Å². The van der Waals surface area contributed by atoms with E-state index >= 15 is 0 Å². The molecule has 0 aliphatic carbocycles. The summed E-state index contributed by atoms with van der Waals surface area (Å²) in [4.78, 5) is 14.3. The molecular formula is C9H8N2O3. The SMILES string of the molecule is Cn1ccc(-c2nc(C(=O)O)co2)c1. The monoisotopic (exact) mass is 192 g/mol. The summed E-state index contributed by atoms with van der Waals surface area (Å²) in [7, 11) is 1.87. The molecule has 0 fully saturated rings. The van der Waals surface area contributed by atoms with Crippen LogP contribution in [-0.4, -0.2) is 20.6 Å². The Kier molecular flexibility index (Phi) is 1.85. The molecule has 2 heterocycles. The summed E-state index contributed by atoms with van der Waals surface area (Å²) >= 11 is 0. The highest BCUT2D eigenvalue weighted by Gasteiger charge is 2.11. The van der Waals surface area contributed by atoms with Gasteiger partial charge in [0.2, 0.25) is 5.89 Å². The van der Waals surface area contributed by atoms with Crippen LogP contribution in [0.5, 0.6) is 0 Å². The van der Waals surface area contributed by atoms with Crippen LogP contribution in [0.2, 0.25) is 0 Å². The van der Waals surface area contributed by atoms with Gasteiger partial charge in [0.05, 0.1) is 5.56 Å². The first-order valence-corrected chi connectivity index (χ1v) is 3.98. The lowest BCUT2D eigenvalue weighted by Crippen LogP contribution is -1.95. The van der Waals surface area contributed by atoms with Gasteiger partial charge in [-0.05, 0) is 6.07 Å². The number of aromatic carboxylic acids is 1. The summed E-state index contributed by atoms with van der Waals surface area (Å²) in [5, 5.41) is 8.62. The average molecular weight is 192 g/mol. The highest BCUT2D eigenvalue weighted by atomic mass is 16.4. The van der Waals surface area contributed by atoms with E-state index < -0.39 is 5.97 Å². The van der Waals surface area contributed by atoms with Gasteiger partial charge in [-0.1, -0.05) is 0 Å². The lowest BCUT2D eigenvalue weighted by atomic mass is 10.3. The zero-order valence-corrected chi connectivity index (χ0v) is 7.47. The molecule has 5 heteroatoms. The molecule has 0 atom stereocenters. The number of nitrogens with zero attached hydrogens (tertiary/aromatic N) is 2. The number of carboxylic acids is 1. The van der Waals surface area contributed by atoms with Crippen molar-refractivity contribution in [3.8, 4) is 11.5 Å². The lowest BCUT2D eigenvalue weighted by Gasteiger charge is -1.87. The standard InChI is InChI=1S/C9H8N2O3/c1-11-3-2-6(4-11)8-10-7(5-14-8)9(12)13/h2-5H,1H3,(H,12,13). The molecule has 0 saturated carbocycles. The van der Waals surface area contributed by atoms with Crippen LogP contribution in [0.3, 0.4) is 0 Å². The van der Waals surface area contributed by atoms with E-state index in [1.54, 1.807) is 12.3 Å². The van der Waals surface area contributed by atoms with Crippen molar-refractivity contribution in [1.29, 1.82) is 0 Å². The molecule has 2 rings (SSSR count). The summed E-state index contributed by atoms with van der Waals surface area (Å²) in [5.74, 6) is -0.765. The summed E-state index contributed by atoms with van der Waals surface area (Å²) in [6, 6.07) is 1.80. The third kappa shape index (κ3) is 1.39. The molecule has 72 valence electrons. The Morgan fingerprint density at radius 1 is 1.64 bits per heavy atom. The van der Waals surface area contributed by atoms with Gasteiger partial charge < -0.3 is 14.1 Å². The third-order valence-electron chi connectivity index (χ3n) is 1.80. The Morgan fingerprint density at radius 2 is 2.43 bits per heavy atom. The van der Waals surface area contributed by atoms with Crippen LogP contribution in [0.4, 0.5) is 0 Å². The van der Waals surface area contributed by atoms with Gasteiger partial charge in [-0.2, -0.15) is 0 Å². The lowest BCUT2D eigenvalue weighted by molar-refractivity contribution is 0.0690. The quantitative estimate of drug-likeness (QED) is 0.780. The van der Waals surface area contributed by atoms with Crippen LogP contribution in [0.1, 0.15) is 10.5 Å². The minimum atomic E-state index is -1.09. The molecule has 0 unspecified atom stereocenters. The molecule has 0 saturated heterocycles. The molecule has 2 aromatic heterocycles. The van der Waals surface area contributed by atoms with E-state index in [0.29, 0.717) is 5.89 Å². The Bertz CT molecular complexity index is 470. The number of carbonyl (C=O) groups is 1. The van der Waals surface area contributed by atoms with Crippen molar-refractivity contribution in [3.05, 3.63) is 30.4 Å². The fourth-order valence-corrected chi connectivity index (χ4v) is 1.13. The Balaban J connectivity index is 2.38. The number of oxazole rings is 1. The van der Waals surface area contributed by atoms with Crippen LogP contribution < -0.4 is 0 Å². The van der Waals surface area contributed by atoms with E-state index in [9.17, 15) is 4.79 Å². The molecule has 14 heavy (non-hydrogen) atoms. The zero-order valence-electron chi connectivity index (χ0n) is 7.47. The second-order valence-corrected chi connectivity index (χ2v) is 2.91. The highest BCUT2D eigenvalue weighted by molar-refractivity contribution is 5.85. The van der Waals surface area contributed by atoms with Gasteiger partial charge in [-0.25, -0.2) is 9.78 Å². The second-order valence-electron chi connectivity index (χ2n) is 2.91. The normalized spacial score (nSPS) is 10.4. The van der Waals surface area contributed by atoms with Gasteiger partial charge in [0.1, 0.15) is 6.26 Å². The summed E-state index contributed by atoms with van der Waals surface area (Å²) in [6.07, 6.45) is 4.77. The molecule has 5 nitrogen and oxygen atoms in total. The molecule has 0 radical (unpaired) electrons. The topological polar surface area (TPSA) is 68.3 Å². The van der Waals surface area contributed by atoms with Crippen molar-refractivity contribution in [2.24, 2.45) is 7.05 Å². The fourth-order valence-electron chi connectivity index (χ4n) is 1.13. The van der Waals surface area contributed by atoms with Gasteiger partial charge in [-0.3, -0.25) is 0 Å². The van der Waals surface area contributed by atoms with E-state index in [1.165, 1.54) is 0 Å². The van der Waals surface area contributed by atoms with Crippen molar-refractivity contribution in [2.45, 2.75) is 0 Å². The van der Waals surface area contributed by atoms with Gasteiger partial charge >= 0.3 is 5.97 Å². The second kappa shape index (κ2) is 3.02. The Hall–Kier alpha value is -2.04. The van der Waals surface area contributed by atoms with Gasteiger partial charge in [0.15, 0.2) is 5.69 Å². The fraction of sp³-hybridized carbons (Fsp3) is 0.111. The maximum atomic E-state index is 10.5. The number of hydrogen-bond acceptors (Lipinski definition) is 3. The number of rotatable bonds is 2. The van der Waals surface area contributed by atoms with Crippen molar-refractivity contribution in [2.75, 3.05) is 0 Å². The van der Waals surface area contributed by atoms with E-state index in [-0.39, 0.29) is 5.69 Å². The summed E-state index contributed by atoms with van der Waals surface area (Å²) < 4.78 is 6.85. The predicted octanol–water partition coefficient (Wildman–Crippen LogP) is 1.38. The Labute approximate surface area is 79.6 Å². The van der Waals surface area contributed by atoms with Gasteiger partial charge in [0.25, 0.3) is 0 Å². The summed E-state index contributed by atoms with van der Waals surface area (Å²) in [5.41, 5.74) is 0.684. The number of carboxylic acid groups (broad SMARTS) is 1. The predicted molar refractivity (Wildman–Crippen MR) is 47.9 cm³/mol. The molecule has 1 N–H and O–H groups in total. The highest BCUT2D eigenvalue weighted by Crippen LogP contribution is 2.18. The molecule has 0 aliphatic rings. The van der Waals surface area contributed by atoms with E-state index in [0.717, 1.165) is 11.8 Å². The zero-order chi connectivity index (χ0) is 10.1. The van der Waals surface area contributed by atoms with Crippen LogP contribution in [-0.2, 0) is 7.05 Å². The molecule has 0 spiro atoms. The largest absolute Gasteiger partial charge is 0.476 e. The number of aromatic nitrogens is 2. The molecule has 0 bridgehead atoms. The van der Waals surface area contributed by atoms with E-state index in [4.69, 9.17) is 9.52 Å². The maximum Gasteiger partial charge on any atom is 0.357 e. The smallest absolute Gasteiger partial charge is 0.357 e. The third-order valence-corrected chi connectivity index (χ3v) is 1.80. The van der Waals surface area contributed by atoms with Crippen LogP contribution in [0.15, 0.2) is 29.1 Å². The number of aryl methyl sites for hydroxylation is 1. The maximum absolute atomic E-state index is 10.5. The van der Waals surface area contributed by atoms with Crippen molar-refractivity contribution in [3.63, 3.8) is 0 Å². The first kappa shape index (κ1) is 8.55. The van der Waals surface area contributed by atoms with E-state index in [1.807, 2.05) is 17.8 Å². The van der Waals surface area contributed by atoms with Crippen LogP contribution in [0.25, 0.3) is 11.5 Å². The first-order chi connectivity index (χ1) is 6.66. The van der Waals surface area contributed by atoms with Crippen molar-refractivity contribution in [1.82, 2.24) is 9.55 Å². The summed E-state index contributed by atoms with van der Waals surface area (Å²) in [6.45, 7) is 0. The Morgan fingerprint density at radius 3 is 2.93 bits per heavy atom. The average Bonchev–Trinajstić information content (AvgIpc) is 2.70. The minimum absolute atomic E-state index is 0.0798. The van der Waals surface area contributed by atoms with Crippen LogP contribution >= 0.6 is 0 Å². The van der Waals surface area contributed by atoms with E-state index in [2.05, 4.69) is 4.98 Å². The molecule has 0 amide bonds. The molecule has 0 aliphatic heterocycles. The van der Waals surface area contributed by atoms with Crippen LogP contribution in [0, 0.1) is 0 Å². The molecular weight excluding hydrogens is 184 g/mol. The molecule has 2 aromatic rings.